The molecule has 1 fully saturated rings. The first-order valence-electron chi connectivity index (χ1n) is 9.12. The summed E-state index contributed by atoms with van der Waals surface area (Å²) in [6.07, 6.45) is 0. The fourth-order valence-corrected chi connectivity index (χ4v) is 4.70. The average Bonchev–Trinajstić information content (AvgIpc) is 2.64. The van der Waals surface area contributed by atoms with Crippen molar-refractivity contribution in [1.29, 1.82) is 0 Å². The highest BCUT2D eigenvalue weighted by atomic mass is 79.9. The lowest BCUT2D eigenvalue weighted by Gasteiger charge is -2.26. The zero-order valence-electron chi connectivity index (χ0n) is 15.9. The van der Waals surface area contributed by atoms with Crippen LogP contribution < -0.4 is 10.6 Å². The Morgan fingerprint density at radius 1 is 1.03 bits per heavy atom. The van der Waals surface area contributed by atoms with Gasteiger partial charge in [0, 0.05) is 36.7 Å². The maximum absolute atomic E-state index is 12.6. The Morgan fingerprint density at radius 3 is 2.31 bits per heavy atom. The molecule has 2 N–H and O–H groups in total. The van der Waals surface area contributed by atoms with Gasteiger partial charge < -0.3 is 10.6 Å². The molecule has 0 bridgehead atoms. The highest BCUT2D eigenvalue weighted by Crippen LogP contribution is 2.23. The van der Waals surface area contributed by atoms with Gasteiger partial charge in [-0.1, -0.05) is 28.1 Å². The first kappa shape index (κ1) is 21.5. The number of hydrogen-bond donors (Lipinski definition) is 2. The Labute approximate surface area is 178 Å². The Morgan fingerprint density at radius 2 is 1.69 bits per heavy atom. The van der Waals surface area contributed by atoms with E-state index in [1.807, 2.05) is 24.3 Å². The van der Waals surface area contributed by atoms with Crippen molar-refractivity contribution in [2.75, 3.05) is 35.2 Å². The molecule has 3 rings (SSSR count). The van der Waals surface area contributed by atoms with Gasteiger partial charge in [-0.3, -0.25) is 14.5 Å². The molecule has 2 aromatic rings. The van der Waals surface area contributed by atoms with Gasteiger partial charge in [0.05, 0.1) is 22.8 Å². The van der Waals surface area contributed by atoms with E-state index in [9.17, 15) is 18.0 Å². The van der Waals surface area contributed by atoms with E-state index in [0.29, 0.717) is 36.6 Å². The molecular formula is C20H22BrN3O4S. The Bertz CT molecular complexity index is 1010. The number of sulfone groups is 1. The highest BCUT2D eigenvalue weighted by Gasteiger charge is 2.21. The molecule has 0 atom stereocenters. The summed E-state index contributed by atoms with van der Waals surface area (Å²) in [6, 6.07) is 12.5. The van der Waals surface area contributed by atoms with E-state index in [-0.39, 0.29) is 23.3 Å². The summed E-state index contributed by atoms with van der Waals surface area (Å²) >= 11 is 3.34. The van der Waals surface area contributed by atoms with Gasteiger partial charge in [0.25, 0.3) is 5.91 Å². The van der Waals surface area contributed by atoms with E-state index >= 15 is 0 Å². The Balaban J connectivity index is 1.64. The lowest BCUT2D eigenvalue weighted by Crippen LogP contribution is -2.39. The first-order chi connectivity index (χ1) is 13.7. The summed E-state index contributed by atoms with van der Waals surface area (Å²) in [7, 11) is -2.89. The molecule has 0 saturated carbocycles. The number of carbonyl (C=O) groups is 2. The summed E-state index contributed by atoms with van der Waals surface area (Å²) in [4.78, 5) is 26.2. The van der Waals surface area contributed by atoms with E-state index in [1.54, 1.807) is 18.2 Å². The van der Waals surface area contributed by atoms with Gasteiger partial charge in [-0.2, -0.15) is 0 Å². The molecule has 2 amide bonds. The fraction of sp³-hybridized carbons (Fsp3) is 0.300. The summed E-state index contributed by atoms with van der Waals surface area (Å²) < 4.78 is 23.8. The van der Waals surface area contributed by atoms with Crippen LogP contribution in [0.4, 0.5) is 11.4 Å². The number of halogens is 1. The van der Waals surface area contributed by atoms with Crippen molar-refractivity contribution in [2.45, 2.75) is 13.5 Å². The molecule has 29 heavy (non-hydrogen) atoms. The molecule has 1 heterocycles. The minimum absolute atomic E-state index is 0.199. The number of benzene rings is 2. The second-order valence-electron chi connectivity index (χ2n) is 6.95. The van der Waals surface area contributed by atoms with E-state index in [1.165, 1.54) is 6.92 Å². The van der Waals surface area contributed by atoms with Crippen molar-refractivity contribution in [3.8, 4) is 0 Å². The third kappa shape index (κ3) is 6.12. The molecule has 2 aromatic carbocycles. The van der Waals surface area contributed by atoms with Crippen LogP contribution in [0.3, 0.4) is 0 Å². The van der Waals surface area contributed by atoms with Gasteiger partial charge in [0.1, 0.15) is 0 Å². The van der Waals surface area contributed by atoms with Crippen LogP contribution >= 0.6 is 15.9 Å². The minimum Gasteiger partial charge on any atom is -0.326 e. The standard InChI is InChI=1S/C20H22BrN3O4S/c1-14(25)22-19-12-16(21)4-7-18(19)20(26)23-17-5-2-15(3-6-17)13-24-8-10-29(27,28)11-9-24/h2-7,12H,8-11,13H2,1H3,(H,22,25)(H,23,26). The highest BCUT2D eigenvalue weighted by molar-refractivity contribution is 9.10. The normalized spacial score (nSPS) is 16.2. The first-order valence-corrected chi connectivity index (χ1v) is 11.7. The van der Waals surface area contributed by atoms with Gasteiger partial charge in [0.15, 0.2) is 9.84 Å². The van der Waals surface area contributed by atoms with Gasteiger partial charge >= 0.3 is 0 Å². The maximum atomic E-state index is 12.6. The van der Waals surface area contributed by atoms with Crippen LogP contribution in [-0.2, 0) is 21.2 Å². The number of hydrogen-bond acceptors (Lipinski definition) is 5. The van der Waals surface area contributed by atoms with Crippen molar-refractivity contribution in [3.05, 3.63) is 58.1 Å². The third-order valence-electron chi connectivity index (χ3n) is 4.59. The second kappa shape index (κ2) is 9.06. The fourth-order valence-electron chi connectivity index (χ4n) is 3.07. The van der Waals surface area contributed by atoms with Gasteiger partial charge in [-0.25, -0.2) is 8.42 Å². The Hall–Kier alpha value is -2.23. The summed E-state index contributed by atoms with van der Waals surface area (Å²) in [5.74, 6) is -0.183. The van der Waals surface area contributed by atoms with Crippen molar-refractivity contribution < 1.29 is 18.0 Å². The van der Waals surface area contributed by atoms with Crippen LogP contribution in [0.25, 0.3) is 0 Å². The molecule has 154 valence electrons. The molecule has 1 aliphatic rings. The van der Waals surface area contributed by atoms with Gasteiger partial charge in [0.2, 0.25) is 5.91 Å². The monoisotopic (exact) mass is 479 g/mol. The number of nitrogens with zero attached hydrogens (tertiary/aromatic N) is 1. The molecule has 0 aliphatic carbocycles. The zero-order chi connectivity index (χ0) is 21.0. The molecule has 1 saturated heterocycles. The Kier molecular flexibility index (Phi) is 6.71. The topological polar surface area (TPSA) is 95.6 Å². The van der Waals surface area contributed by atoms with E-state index in [4.69, 9.17) is 0 Å². The minimum atomic E-state index is -2.89. The van der Waals surface area contributed by atoms with E-state index < -0.39 is 9.84 Å². The summed E-state index contributed by atoms with van der Waals surface area (Å²) in [5, 5.41) is 5.50. The van der Waals surface area contributed by atoms with Crippen LogP contribution in [0.5, 0.6) is 0 Å². The van der Waals surface area contributed by atoms with Crippen molar-refractivity contribution in [3.63, 3.8) is 0 Å². The number of rotatable bonds is 5. The molecule has 0 spiro atoms. The molecule has 7 nitrogen and oxygen atoms in total. The summed E-state index contributed by atoms with van der Waals surface area (Å²) in [6.45, 7) is 3.13. The number of carbonyl (C=O) groups excluding carboxylic acids is 2. The molecular weight excluding hydrogens is 458 g/mol. The molecule has 9 heteroatoms. The lowest BCUT2D eigenvalue weighted by molar-refractivity contribution is -0.114. The number of nitrogens with one attached hydrogen (secondary N) is 2. The maximum Gasteiger partial charge on any atom is 0.257 e. The summed E-state index contributed by atoms with van der Waals surface area (Å²) in [5.41, 5.74) is 2.48. The lowest BCUT2D eigenvalue weighted by atomic mass is 10.1. The smallest absolute Gasteiger partial charge is 0.257 e. The van der Waals surface area contributed by atoms with Crippen LogP contribution in [0, 0.1) is 0 Å². The van der Waals surface area contributed by atoms with Crippen molar-refractivity contribution in [1.82, 2.24) is 4.90 Å². The second-order valence-corrected chi connectivity index (χ2v) is 10.2. The number of amides is 2. The van der Waals surface area contributed by atoms with Gasteiger partial charge in [-0.05, 0) is 35.9 Å². The van der Waals surface area contributed by atoms with E-state index in [0.717, 1.165) is 10.0 Å². The SMILES string of the molecule is CC(=O)Nc1cc(Br)ccc1C(=O)Nc1ccc(CN2CCS(=O)(=O)CC2)cc1. The van der Waals surface area contributed by atoms with E-state index in [2.05, 4.69) is 31.5 Å². The molecule has 0 unspecified atom stereocenters. The quantitative estimate of drug-likeness (QED) is 0.687. The zero-order valence-corrected chi connectivity index (χ0v) is 18.3. The third-order valence-corrected chi connectivity index (χ3v) is 6.69. The average molecular weight is 480 g/mol. The predicted molar refractivity (Wildman–Crippen MR) is 117 cm³/mol. The van der Waals surface area contributed by atoms with Crippen LogP contribution in [0.15, 0.2) is 46.9 Å². The largest absolute Gasteiger partial charge is 0.326 e. The van der Waals surface area contributed by atoms with Crippen LogP contribution in [0.1, 0.15) is 22.8 Å². The number of anilines is 2. The van der Waals surface area contributed by atoms with Gasteiger partial charge in [-0.15, -0.1) is 0 Å². The molecule has 0 radical (unpaired) electrons. The van der Waals surface area contributed by atoms with Crippen molar-refractivity contribution >= 4 is 49.0 Å². The van der Waals surface area contributed by atoms with Crippen LogP contribution in [0.2, 0.25) is 0 Å². The molecule has 1 aliphatic heterocycles. The van der Waals surface area contributed by atoms with Crippen LogP contribution in [-0.4, -0.2) is 49.7 Å². The predicted octanol–water partition coefficient (Wildman–Crippen LogP) is 2.89. The van der Waals surface area contributed by atoms with Crippen molar-refractivity contribution in [2.24, 2.45) is 0 Å². The molecule has 0 aromatic heterocycles.